The SMILES string of the molecule is CC(C(=O)NC1CCCC1)N(Cc1ccc(Cl)cc1Cl)C(=O)CCCN(c1ccc(Cl)cc1)S(C)(=O)=O. The van der Waals surface area contributed by atoms with Gasteiger partial charge < -0.3 is 10.2 Å². The van der Waals surface area contributed by atoms with Crippen molar-refractivity contribution in [3.8, 4) is 0 Å². The molecule has 3 rings (SSSR count). The van der Waals surface area contributed by atoms with E-state index in [0.717, 1.165) is 31.9 Å². The maximum Gasteiger partial charge on any atom is 0.242 e. The summed E-state index contributed by atoms with van der Waals surface area (Å²) in [6.07, 6.45) is 5.44. The third kappa shape index (κ3) is 8.50. The number of benzene rings is 2. The fraction of sp³-hybridized carbons (Fsp3) is 0.462. The first kappa shape index (κ1) is 29.6. The topological polar surface area (TPSA) is 86.8 Å². The van der Waals surface area contributed by atoms with Crippen LogP contribution >= 0.6 is 34.8 Å². The van der Waals surface area contributed by atoms with Gasteiger partial charge in [0.1, 0.15) is 6.04 Å². The molecule has 2 aromatic carbocycles. The molecule has 0 aromatic heterocycles. The maximum atomic E-state index is 13.4. The number of rotatable bonds is 11. The lowest BCUT2D eigenvalue weighted by atomic mass is 10.1. The van der Waals surface area contributed by atoms with Crippen LogP contribution in [0.4, 0.5) is 5.69 Å². The van der Waals surface area contributed by atoms with E-state index < -0.39 is 16.1 Å². The average Bonchev–Trinajstić information content (AvgIpc) is 3.34. The maximum absolute atomic E-state index is 13.4. The standard InChI is InChI=1S/C26H32Cl3N3O4S/c1-18(26(34)30-22-6-3-4-7-22)31(17-19-9-10-21(28)16-24(19)29)25(33)8-5-15-32(37(2,35)36)23-13-11-20(27)12-14-23/h9-14,16,18,22H,3-8,15,17H2,1-2H3,(H,30,34). The van der Waals surface area contributed by atoms with E-state index in [1.165, 1.54) is 9.21 Å². The van der Waals surface area contributed by atoms with Crippen molar-refractivity contribution >= 4 is 62.3 Å². The van der Waals surface area contributed by atoms with E-state index in [-0.39, 0.29) is 43.8 Å². The molecule has 2 amide bonds. The van der Waals surface area contributed by atoms with Gasteiger partial charge in [0.25, 0.3) is 0 Å². The molecule has 7 nitrogen and oxygen atoms in total. The molecule has 0 heterocycles. The van der Waals surface area contributed by atoms with Crippen LogP contribution in [-0.4, -0.2) is 50.0 Å². The fourth-order valence-corrected chi connectivity index (χ4v) is 5.98. The van der Waals surface area contributed by atoms with Crippen molar-refractivity contribution in [1.29, 1.82) is 0 Å². The second-order valence-electron chi connectivity index (χ2n) is 9.34. The van der Waals surface area contributed by atoms with Gasteiger partial charge in [0.2, 0.25) is 21.8 Å². The average molecular weight is 589 g/mol. The Labute approximate surface area is 234 Å². The molecule has 11 heteroatoms. The van der Waals surface area contributed by atoms with Crippen molar-refractivity contribution in [3.63, 3.8) is 0 Å². The zero-order valence-electron chi connectivity index (χ0n) is 20.9. The van der Waals surface area contributed by atoms with E-state index in [2.05, 4.69) is 5.32 Å². The first-order chi connectivity index (χ1) is 17.5. The first-order valence-electron chi connectivity index (χ1n) is 12.2. The van der Waals surface area contributed by atoms with Gasteiger partial charge in [-0.3, -0.25) is 13.9 Å². The monoisotopic (exact) mass is 587 g/mol. The van der Waals surface area contributed by atoms with Gasteiger partial charge in [-0.2, -0.15) is 0 Å². The second kappa shape index (κ2) is 13.2. The molecule has 1 atom stereocenters. The quantitative estimate of drug-likeness (QED) is 0.367. The smallest absolute Gasteiger partial charge is 0.242 e. The minimum atomic E-state index is -3.58. The predicted octanol–water partition coefficient (Wildman–Crippen LogP) is 5.67. The minimum Gasteiger partial charge on any atom is -0.352 e. The molecule has 1 fully saturated rings. The van der Waals surface area contributed by atoms with E-state index in [1.54, 1.807) is 49.4 Å². The molecule has 0 bridgehead atoms. The van der Waals surface area contributed by atoms with Crippen molar-refractivity contribution in [2.75, 3.05) is 17.1 Å². The zero-order chi connectivity index (χ0) is 27.2. The highest BCUT2D eigenvalue weighted by atomic mass is 35.5. The van der Waals surface area contributed by atoms with Gasteiger partial charge in [0, 0.05) is 40.6 Å². The Morgan fingerprint density at radius 2 is 1.65 bits per heavy atom. The number of nitrogens with zero attached hydrogens (tertiary/aromatic N) is 2. The van der Waals surface area contributed by atoms with Crippen LogP contribution in [-0.2, 0) is 26.2 Å². The van der Waals surface area contributed by atoms with Gasteiger partial charge in [0.05, 0.1) is 11.9 Å². The Morgan fingerprint density at radius 1 is 1.03 bits per heavy atom. The first-order valence-corrected chi connectivity index (χ1v) is 15.2. The lowest BCUT2D eigenvalue weighted by molar-refractivity contribution is -0.140. The molecular weight excluding hydrogens is 557 g/mol. The Morgan fingerprint density at radius 3 is 2.24 bits per heavy atom. The molecule has 1 aliphatic rings. The van der Waals surface area contributed by atoms with Crippen molar-refractivity contribution in [2.24, 2.45) is 0 Å². The van der Waals surface area contributed by atoms with Crippen LogP contribution < -0.4 is 9.62 Å². The van der Waals surface area contributed by atoms with Crippen molar-refractivity contribution in [1.82, 2.24) is 10.2 Å². The summed E-state index contributed by atoms with van der Waals surface area (Å²) in [4.78, 5) is 27.9. The van der Waals surface area contributed by atoms with Crippen LogP contribution in [0.15, 0.2) is 42.5 Å². The number of carbonyl (C=O) groups is 2. The molecule has 1 aliphatic carbocycles. The van der Waals surface area contributed by atoms with E-state index in [1.807, 2.05) is 0 Å². The van der Waals surface area contributed by atoms with E-state index in [4.69, 9.17) is 34.8 Å². The summed E-state index contributed by atoms with van der Waals surface area (Å²) >= 11 is 18.3. The zero-order valence-corrected chi connectivity index (χ0v) is 24.0. The molecule has 1 saturated carbocycles. The lowest BCUT2D eigenvalue weighted by Gasteiger charge is -2.30. The summed E-state index contributed by atoms with van der Waals surface area (Å²) < 4.78 is 26.1. The summed E-state index contributed by atoms with van der Waals surface area (Å²) in [6, 6.07) is 10.9. The van der Waals surface area contributed by atoms with Gasteiger partial charge >= 0.3 is 0 Å². The molecular formula is C26H32Cl3N3O4S. The highest BCUT2D eigenvalue weighted by Gasteiger charge is 2.29. The molecule has 1 N–H and O–H groups in total. The second-order valence-corrected chi connectivity index (χ2v) is 12.5. The number of hydrogen-bond acceptors (Lipinski definition) is 4. The van der Waals surface area contributed by atoms with Crippen LogP contribution in [0.3, 0.4) is 0 Å². The summed E-state index contributed by atoms with van der Waals surface area (Å²) in [5.74, 6) is -0.492. The third-order valence-electron chi connectivity index (χ3n) is 6.49. The Kier molecular flexibility index (Phi) is 10.5. The summed E-state index contributed by atoms with van der Waals surface area (Å²) in [5.41, 5.74) is 1.13. The summed E-state index contributed by atoms with van der Waals surface area (Å²) in [6.45, 7) is 1.92. The highest BCUT2D eigenvalue weighted by Crippen LogP contribution is 2.25. The van der Waals surface area contributed by atoms with E-state index in [9.17, 15) is 18.0 Å². The van der Waals surface area contributed by atoms with Crippen molar-refractivity contribution < 1.29 is 18.0 Å². The number of halogens is 3. The van der Waals surface area contributed by atoms with Gasteiger partial charge in [-0.25, -0.2) is 8.42 Å². The van der Waals surface area contributed by atoms with Crippen LogP contribution in [0.25, 0.3) is 0 Å². The summed E-state index contributed by atoms with van der Waals surface area (Å²) in [5, 5.41) is 4.43. The van der Waals surface area contributed by atoms with Gasteiger partial charge in [-0.1, -0.05) is 53.7 Å². The highest BCUT2D eigenvalue weighted by molar-refractivity contribution is 7.92. The number of anilines is 1. The minimum absolute atomic E-state index is 0.0475. The molecule has 1 unspecified atom stereocenters. The predicted molar refractivity (Wildman–Crippen MR) is 150 cm³/mol. The normalized spacial score (nSPS) is 14.8. The molecule has 0 saturated heterocycles. The number of sulfonamides is 1. The van der Waals surface area contributed by atoms with E-state index in [0.29, 0.717) is 26.3 Å². The van der Waals surface area contributed by atoms with Crippen LogP contribution in [0.5, 0.6) is 0 Å². The van der Waals surface area contributed by atoms with E-state index >= 15 is 0 Å². The molecule has 0 aliphatic heterocycles. The number of carbonyl (C=O) groups excluding carboxylic acids is 2. The number of hydrogen-bond donors (Lipinski definition) is 1. The Balaban J connectivity index is 1.74. The van der Waals surface area contributed by atoms with Crippen molar-refractivity contribution in [3.05, 3.63) is 63.1 Å². The van der Waals surface area contributed by atoms with Gasteiger partial charge in [-0.05, 0) is 68.1 Å². The van der Waals surface area contributed by atoms with Gasteiger partial charge in [0.15, 0.2) is 0 Å². The molecule has 0 radical (unpaired) electrons. The fourth-order valence-electron chi connectivity index (χ4n) is 4.42. The van der Waals surface area contributed by atoms with Crippen molar-refractivity contribution in [2.45, 2.75) is 64.1 Å². The van der Waals surface area contributed by atoms with Crippen LogP contribution in [0.2, 0.25) is 15.1 Å². The molecule has 202 valence electrons. The molecule has 2 aromatic rings. The lowest BCUT2D eigenvalue weighted by Crippen LogP contribution is -2.49. The molecule has 37 heavy (non-hydrogen) atoms. The largest absolute Gasteiger partial charge is 0.352 e. The third-order valence-corrected chi connectivity index (χ3v) is 8.52. The summed E-state index contributed by atoms with van der Waals surface area (Å²) in [7, 11) is -3.58. The van der Waals surface area contributed by atoms with Crippen LogP contribution in [0.1, 0.15) is 51.0 Å². The Bertz CT molecular complexity index is 1200. The van der Waals surface area contributed by atoms with Gasteiger partial charge in [-0.15, -0.1) is 0 Å². The van der Waals surface area contributed by atoms with Crippen LogP contribution in [0, 0.1) is 0 Å². The molecule has 0 spiro atoms. The number of amides is 2. The number of nitrogens with one attached hydrogen (secondary N) is 1. The Hall–Kier alpha value is -2.00.